The fourth-order valence-electron chi connectivity index (χ4n) is 3.27. The SMILES string of the molecule is COc1cccc(-c2nc(C(=O)N3CCNCC3c3cccc(F)c3)no2)c1.Cl. The Bertz CT molecular complexity index is 997. The van der Waals surface area contributed by atoms with Crippen LogP contribution in [0.15, 0.2) is 53.1 Å². The van der Waals surface area contributed by atoms with E-state index in [1.54, 1.807) is 48.4 Å². The van der Waals surface area contributed by atoms with Gasteiger partial charge in [-0.05, 0) is 35.9 Å². The summed E-state index contributed by atoms with van der Waals surface area (Å²) in [6.07, 6.45) is 0. The fourth-order valence-corrected chi connectivity index (χ4v) is 3.27. The highest BCUT2D eigenvalue weighted by Crippen LogP contribution is 2.26. The second kappa shape index (κ2) is 9.02. The average Bonchev–Trinajstić information content (AvgIpc) is 3.23. The Kier molecular flexibility index (Phi) is 6.46. The van der Waals surface area contributed by atoms with Gasteiger partial charge in [0.1, 0.15) is 11.6 Å². The summed E-state index contributed by atoms with van der Waals surface area (Å²) >= 11 is 0. The number of nitrogens with one attached hydrogen (secondary N) is 1. The Hall–Kier alpha value is -2.97. The maximum absolute atomic E-state index is 13.7. The molecule has 7 nitrogen and oxygen atoms in total. The molecule has 1 aromatic heterocycles. The third kappa shape index (κ3) is 4.38. The molecule has 3 aromatic rings. The van der Waals surface area contributed by atoms with Crippen LogP contribution < -0.4 is 10.1 Å². The van der Waals surface area contributed by atoms with Crippen molar-refractivity contribution in [2.24, 2.45) is 0 Å². The van der Waals surface area contributed by atoms with Crippen molar-refractivity contribution in [2.75, 3.05) is 26.7 Å². The second-order valence-corrected chi connectivity index (χ2v) is 6.43. The minimum Gasteiger partial charge on any atom is -0.497 e. The summed E-state index contributed by atoms with van der Waals surface area (Å²) < 4.78 is 24.1. The van der Waals surface area contributed by atoms with E-state index in [-0.39, 0.29) is 41.9 Å². The van der Waals surface area contributed by atoms with E-state index in [1.807, 2.05) is 0 Å². The predicted molar refractivity (Wildman–Crippen MR) is 107 cm³/mol. The van der Waals surface area contributed by atoms with Crippen molar-refractivity contribution in [3.05, 3.63) is 65.7 Å². The van der Waals surface area contributed by atoms with Gasteiger partial charge in [0.25, 0.3) is 17.6 Å². The van der Waals surface area contributed by atoms with Gasteiger partial charge in [0.2, 0.25) is 0 Å². The Morgan fingerprint density at radius 3 is 2.90 bits per heavy atom. The van der Waals surface area contributed by atoms with Gasteiger partial charge in [-0.3, -0.25) is 4.79 Å². The molecule has 1 unspecified atom stereocenters. The number of rotatable bonds is 4. The first-order chi connectivity index (χ1) is 13.7. The van der Waals surface area contributed by atoms with E-state index in [0.717, 1.165) is 5.56 Å². The van der Waals surface area contributed by atoms with Crippen molar-refractivity contribution in [3.8, 4) is 17.2 Å². The lowest BCUT2D eigenvalue weighted by molar-refractivity contribution is 0.0618. The van der Waals surface area contributed by atoms with Crippen molar-refractivity contribution in [1.82, 2.24) is 20.4 Å². The molecule has 1 aliphatic heterocycles. The standard InChI is InChI=1S/C20H19FN4O3.ClH/c1-27-16-7-3-5-14(11-16)19-23-18(24-28-19)20(26)25-9-8-22-12-17(25)13-4-2-6-15(21)10-13;/h2-7,10-11,17,22H,8-9,12H2,1H3;1H. The molecular weight excluding hydrogens is 399 g/mol. The van der Waals surface area contributed by atoms with Crippen molar-refractivity contribution in [3.63, 3.8) is 0 Å². The third-order valence-electron chi connectivity index (χ3n) is 4.67. The van der Waals surface area contributed by atoms with Crippen molar-refractivity contribution in [1.29, 1.82) is 0 Å². The first-order valence-corrected chi connectivity index (χ1v) is 8.91. The number of benzene rings is 2. The van der Waals surface area contributed by atoms with Crippen LogP contribution in [0.5, 0.6) is 5.75 Å². The van der Waals surface area contributed by atoms with Gasteiger partial charge in [-0.15, -0.1) is 12.4 Å². The van der Waals surface area contributed by atoms with Crippen LogP contribution in [0, 0.1) is 5.82 Å². The lowest BCUT2D eigenvalue weighted by Gasteiger charge is -2.35. The van der Waals surface area contributed by atoms with Gasteiger partial charge in [0.15, 0.2) is 0 Å². The first kappa shape index (κ1) is 20.8. The summed E-state index contributed by atoms with van der Waals surface area (Å²) in [4.78, 5) is 18.9. The molecule has 152 valence electrons. The lowest BCUT2D eigenvalue weighted by atomic mass is 10.0. The minimum absolute atomic E-state index is 0. The summed E-state index contributed by atoms with van der Waals surface area (Å²) in [6, 6.07) is 13.1. The summed E-state index contributed by atoms with van der Waals surface area (Å²) in [6.45, 7) is 1.62. The van der Waals surface area contributed by atoms with Crippen LogP contribution in [0.25, 0.3) is 11.5 Å². The monoisotopic (exact) mass is 418 g/mol. The average molecular weight is 419 g/mol. The Morgan fingerprint density at radius 1 is 1.28 bits per heavy atom. The molecule has 9 heteroatoms. The molecule has 2 aromatic carbocycles. The number of amides is 1. The number of carbonyl (C=O) groups is 1. The molecule has 1 aliphatic rings. The fraction of sp³-hybridized carbons (Fsp3) is 0.250. The molecule has 1 atom stereocenters. The topological polar surface area (TPSA) is 80.5 Å². The van der Waals surface area contributed by atoms with E-state index in [9.17, 15) is 9.18 Å². The maximum Gasteiger partial charge on any atom is 0.295 e. The molecular formula is C20H20ClFN4O3. The lowest BCUT2D eigenvalue weighted by Crippen LogP contribution is -2.49. The molecule has 0 radical (unpaired) electrons. The highest BCUT2D eigenvalue weighted by Gasteiger charge is 2.31. The molecule has 0 bridgehead atoms. The summed E-state index contributed by atoms with van der Waals surface area (Å²) in [5.41, 5.74) is 1.38. The van der Waals surface area contributed by atoms with E-state index in [4.69, 9.17) is 9.26 Å². The normalized spacial score (nSPS) is 16.2. The Labute approximate surface area is 173 Å². The maximum atomic E-state index is 13.7. The molecule has 1 amide bonds. The molecule has 0 spiro atoms. The quantitative estimate of drug-likeness (QED) is 0.701. The molecule has 29 heavy (non-hydrogen) atoms. The predicted octanol–water partition coefficient (Wildman–Crippen LogP) is 3.09. The van der Waals surface area contributed by atoms with Crippen molar-refractivity contribution >= 4 is 18.3 Å². The van der Waals surface area contributed by atoms with Gasteiger partial charge in [-0.25, -0.2) is 4.39 Å². The number of methoxy groups -OCH3 is 1. The van der Waals surface area contributed by atoms with Crippen LogP contribution in [-0.2, 0) is 0 Å². The van der Waals surface area contributed by atoms with Crippen molar-refractivity contribution in [2.45, 2.75) is 6.04 Å². The summed E-state index contributed by atoms with van der Waals surface area (Å²) in [7, 11) is 1.57. The molecule has 0 aliphatic carbocycles. The summed E-state index contributed by atoms with van der Waals surface area (Å²) in [5, 5.41) is 7.09. The zero-order valence-corrected chi connectivity index (χ0v) is 16.5. The van der Waals surface area contributed by atoms with Crippen LogP contribution in [0.3, 0.4) is 0 Å². The summed E-state index contributed by atoms with van der Waals surface area (Å²) in [5.74, 6) is 0.168. The van der Waals surface area contributed by atoms with Gasteiger partial charge >= 0.3 is 0 Å². The van der Waals surface area contributed by atoms with Crippen LogP contribution in [0.4, 0.5) is 4.39 Å². The Balaban J connectivity index is 0.00000240. The number of aromatic nitrogens is 2. The number of carbonyl (C=O) groups excluding carboxylic acids is 1. The number of halogens is 2. The van der Waals surface area contributed by atoms with Gasteiger partial charge in [0, 0.05) is 25.2 Å². The largest absolute Gasteiger partial charge is 0.497 e. The highest BCUT2D eigenvalue weighted by molar-refractivity contribution is 5.91. The molecule has 1 fully saturated rings. The highest BCUT2D eigenvalue weighted by atomic mass is 35.5. The molecule has 1 N–H and O–H groups in total. The smallest absolute Gasteiger partial charge is 0.295 e. The van der Waals surface area contributed by atoms with Gasteiger partial charge in [0.05, 0.1) is 13.2 Å². The van der Waals surface area contributed by atoms with Crippen LogP contribution >= 0.6 is 12.4 Å². The van der Waals surface area contributed by atoms with E-state index >= 15 is 0 Å². The molecule has 2 heterocycles. The molecule has 0 saturated carbocycles. The van der Waals surface area contributed by atoms with Crippen LogP contribution in [0.1, 0.15) is 22.2 Å². The minimum atomic E-state index is -0.353. The van der Waals surface area contributed by atoms with Gasteiger partial charge in [-0.1, -0.05) is 23.4 Å². The number of hydrogen-bond acceptors (Lipinski definition) is 6. The van der Waals surface area contributed by atoms with E-state index in [1.165, 1.54) is 12.1 Å². The second-order valence-electron chi connectivity index (χ2n) is 6.43. The zero-order valence-electron chi connectivity index (χ0n) is 15.7. The van der Waals surface area contributed by atoms with Crippen LogP contribution in [0.2, 0.25) is 0 Å². The van der Waals surface area contributed by atoms with Crippen LogP contribution in [-0.4, -0.2) is 47.7 Å². The van der Waals surface area contributed by atoms with Crippen molar-refractivity contribution < 1.29 is 18.4 Å². The Morgan fingerprint density at radius 2 is 2.10 bits per heavy atom. The van der Waals surface area contributed by atoms with E-state index < -0.39 is 0 Å². The van der Waals surface area contributed by atoms with Gasteiger partial charge in [-0.2, -0.15) is 4.98 Å². The number of piperazine rings is 1. The molecule has 4 rings (SSSR count). The number of hydrogen-bond donors (Lipinski definition) is 1. The number of nitrogens with zero attached hydrogens (tertiary/aromatic N) is 3. The first-order valence-electron chi connectivity index (χ1n) is 8.91. The molecule has 1 saturated heterocycles. The third-order valence-corrected chi connectivity index (χ3v) is 4.67. The van der Waals surface area contributed by atoms with E-state index in [2.05, 4.69) is 15.5 Å². The van der Waals surface area contributed by atoms with Gasteiger partial charge < -0.3 is 19.5 Å². The zero-order chi connectivity index (χ0) is 19.5. The van der Waals surface area contributed by atoms with E-state index in [0.29, 0.717) is 30.9 Å². The number of ether oxygens (including phenoxy) is 1.